The Morgan fingerprint density at radius 1 is 1.00 bits per heavy atom. The molecule has 1 aromatic rings. The molecule has 96 valence electrons. The first-order valence-electron chi connectivity index (χ1n) is 5.81. The highest BCUT2D eigenvalue weighted by molar-refractivity contribution is 5.46. The molecule has 0 saturated carbocycles. The van der Waals surface area contributed by atoms with E-state index in [4.69, 9.17) is 0 Å². The maximum absolute atomic E-state index is 13.3. The van der Waals surface area contributed by atoms with Crippen LogP contribution in [0, 0.1) is 23.4 Å². The molecule has 0 saturated heterocycles. The van der Waals surface area contributed by atoms with Gasteiger partial charge in [-0.25, -0.2) is 13.2 Å². The summed E-state index contributed by atoms with van der Waals surface area (Å²) in [6, 6.07) is 2.17. The molecule has 0 amide bonds. The van der Waals surface area contributed by atoms with Crippen molar-refractivity contribution in [2.75, 3.05) is 5.32 Å². The fourth-order valence-electron chi connectivity index (χ4n) is 1.56. The van der Waals surface area contributed by atoms with E-state index in [1.807, 2.05) is 6.92 Å². The molecule has 0 heterocycles. The average molecular weight is 245 g/mol. The molecule has 1 N–H and O–H groups in total. The minimum Gasteiger partial charge on any atom is -0.380 e. The van der Waals surface area contributed by atoms with E-state index in [0.29, 0.717) is 5.92 Å². The predicted molar refractivity (Wildman–Crippen MR) is 63.5 cm³/mol. The normalized spacial score (nSPS) is 12.9. The molecule has 0 aromatic heterocycles. The maximum Gasteiger partial charge on any atom is 0.196 e. The summed E-state index contributed by atoms with van der Waals surface area (Å²) in [7, 11) is 0. The van der Waals surface area contributed by atoms with E-state index in [-0.39, 0.29) is 11.7 Å². The van der Waals surface area contributed by atoms with Crippen LogP contribution in [0.3, 0.4) is 0 Å². The summed E-state index contributed by atoms with van der Waals surface area (Å²) in [5.41, 5.74) is 0.0140. The van der Waals surface area contributed by atoms with E-state index in [2.05, 4.69) is 19.2 Å². The number of rotatable bonds is 5. The Kier molecular flexibility index (Phi) is 4.85. The van der Waals surface area contributed by atoms with Crippen LogP contribution in [-0.4, -0.2) is 6.04 Å². The van der Waals surface area contributed by atoms with Gasteiger partial charge >= 0.3 is 0 Å². The first-order chi connectivity index (χ1) is 7.91. The van der Waals surface area contributed by atoms with Crippen LogP contribution >= 0.6 is 0 Å². The zero-order chi connectivity index (χ0) is 13.0. The molecule has 1 unspecified atom stereocenters. The lowest BCUT2D eigenvalue weighted by molar-refractivity contribution is 0.447. The molecule has 17 heavy (non-hydrogen) atoms. The average Bonchev–Trinajstić information content (AvgIpc) is 2.27. The van der Waals surface area contributed by atoms with Gasteiger partial charge in [0, 0.05) is 6.04 Å². The number of halogens is 3. The quantitative estimate of drug-likeness (QED) is 0.761. The van der Waals surface area contributed by atoms with E-state index in [1.54, 1.807) is 0 Å². The Balaban J connectivity index is 2.65. The molecule has 1 nitrogen and oxygen atoms in total. The summed E-state index contributed by atoms with van der Waals surface area (Å²) in [6.07, 6.45) is 1.86. The third-order valence-corrected chi connectivity index (χ3v) is 2.61. The lowest BCUT2D eigenvalue weighted by atomic mass is 10.0. The summed E-state index contributed by atoms with van der Waals surface area (Å²) < 4.78 is 39.0. The van der Waals surface area contributed by atoms with E-state index in [1.165, 1.54) is 6.07 Å². The van der Waals surface area contributed by atoms with Crippen LogP contribution in [-0.2, 0) is 0 Å². The van der Waals surface area contributed by atoms with Gasteiger partial charge in [0.1, 0.15) is 0 Å². The van der Waals surface area contributed by atoms with Gasteiger partial charge in [-0.1, -0.05) is 13.8 Å². The second-order valence-electron chi connectivity index (χ2n) is 4.74. The third-order valence-electron chi connectivity index (χ3n) is 2.61. The molecule has 1 rings (SSSR count). The van der Waals surface area contributed by atoms with Gasteiger partial charge < -0.3 is 5.32 Å². The van der Waals surface area contributed by atoms with Crippen LogP contribution < -0.4 is 5.32 Å². The highest BCUT2D eigenvalue weighted by Gasteiger charge is 2.14. The van der Waals surface area contributed by atoms with Gasteiger partial charge in [-0.2, -0.15) is 0 Å². The fourth-order valence-corrected chi connectivity index (χ4v) is 1.56. The van der Waals surface area contributed by atoms with Crippen molar-refractivity contribution in [3.8, 4) is 0 Å². The molecule has 0 aliphatic heterocycles. The molecule has 4 heteroatoms. The summed E-state index contributed by atoms with van der Waals surface area (Å²) in [6.45, 7) is 6.10. The van der Waals surface area contributed by atoms with Crippen LogP contribution in [0.15, 0.2) is 12.1 Å². The molecular weight excluding hydrogens is 227 g/mol. The Hall–Kier alpha value is -1.19. The highest BCUT2D eigenvalue weighted by Crippen LogP contribution is 2.21. The molecule has 0 aliphatic rings. The smallest absolute Gasteiger partial charge is 0.196 e. The summed E-state index contributed by atoms with van der Waals surface area (Å²) in [5, 5.41) is 2.85. The summed E-state index contributed by atoms with van der Waals surface area (Å²) in [4.78, 5) is 0. The topological polar surface area (TPSA) is 12.0 Å². The molecule has 1 aromatic carbocycles. The molecule has 0 aliphatic carbocycles. The fraction of sp³-hybridized carbons (Fsp3) is 0.538. The van der Waals surface area contributed by atoms with Crippen molar-refractivity contribution in [2.45, 2.75) is 39.7 Å². The Morgan fingerprint density at radius 2 is 1.65 bits per heavy atom. The van der Waals surface area contributed by atoms with E-state index in [9.17, 15) is 13.2 Å². The van der Waals surface area contributed by atoms with Gasteiger partial charge in [-0.15, -0.1) is 0 Å². The van der Waals surface area contributed by atoms with E-state index in [0.717, 1.165) is 18.9 Å². The zero-order valence-corrected chi connectivity index (χ0v) is 10.4. The Labute approximate surface area is 100 Å². The Bertz CT molecular complexity index is 377. The van der Waals surface area contributed by atoms with Crippen LogP contribution in [0.2, 0.25) is 0 Å². The number of benzene rings is 1. The minimum absolute atomic E-state index is 0.0140. The van der Waals surface area contributed by atoms with Crippen molar-refractivity contribution >= 4 is 5.69 Å². The van der Waals surface area contributed by atoms with Gasteiger partial charge in [-0.05, 0) is 37.8 Å². The number of anilines is 1. The lowest BCUT2D eigenvalue weighted by Gasteiger charge is -2.17. The van der Waals surface area contributed by atoms with Crippen molar-refractivity contribution in [3.63, 3.8) is 0 Å². The van der Waals surface area contributed by atoms with Gasteiger partial charge in [-0.3, -0.25) is 0 Å². The number of hydrogen-bond acceptors (Lipinski definition) is 1. The molecule has 0 spiro atoms. The van der Waals surface area contributed by atoms with E-state index < -0.39 is 17.5 Å². The van der Waals surface area contributed by atoms with Crippen molar-refractivity contribution in [2.24, 2.45) is 5.92 Å². The highest BCUT2D eigenvalue weighted by atomic mass is 19.2. The first kappa shape index (κ1) is 13.9. The predicted octanol–water partition coefficient (Wildman–Crippen LogP) is 4.34. The second kappa shape index (κ2) is 5.94. The molecule has 0 radical (unpaired) electrons. The molecule has 1 atom stereocenters. The first-order valence-corrected chi connectivity index (χ1v) is 5.81. The SMILES string of the molecule is CC(C)CCC(C)Nc1ccc(F)c(F)c1F. The summed E-state index contributed by atoms with van der Waals surface area (Å²) in [5.74, 6) is -3.18. The monoisotopic (exact) mass is 245 g/mol. The molecule has 0 fully saturated rings. The lowest BCUT2D eigenvalue weighted by Crippen LogP contribution is -2.17. The van der Waals surface area contributed by atoms with Crippen LogP contribution in [0.1, 0.15) is 33.6 Å². The minimum atomic E-state index is -1.42. The Morgan fingerprint density at radius 3 is 2.24 bits per heavy atom. The van der Waals surface area contributed by atoms with Crippen molar-refractivity contribution in [1.29, 1.82) is 0 Å². The van der Waals surface area contributed by atoms with Crippen molar-refractivity contribution < 1.29 is 13.2 Å². The largest absolute Gasteiger partial charge is 0.380 e. The molecule has 0 bridgehead atoms. The van der Waals surface area contributed by atoms with Gasteiger partial charge in [0.2, 0.25) is 0 Å². The maximum atomic E-state index is 13.3. The zero-order valence-electron chi connectivity index (χ0n) is 10.4. The third kappa shape index (κ3) is 3.95. The second-order valence-corrected chi connectivity index (χ2v) is 4.74. The number of nitrogens with one attached hydrogen (secondary N) is 1. The van der Waals surface area contributed by atoms with Crippen LogP contribution in [0.4, 0.5) is 18.9 Å². The summed E-state index contributed by atoms with van der Waals surface area (Å²) >= 11 is 0. The number of hydrogen-bond donors (Lipinski definition) is 1. The van der Waals surface area contributed by atoms with Crippen molar-refractivity contribution in [3.05, 3.63) is 29.6 Å². The van der Waals surface area contributed by atoms with Gasteiger partial charge in [0.05, 0.1) is 5.69 Å². The standard InChI is InChI=1S/C13H18F3N/c1-8(2)4-5-9(3)17-11-7-6-10(14)12(15)13(11)16/h6-9,17H,4-5H2,1-3H3. The van der Waals surface area contributed by atoms with Crippen LogP contribution in [0.25, 0.3) is 0 Å². The van der Waals surface area contributed by atoms with Crippen molar-refractivity contribution in [1.82, 2.24) is 0 Å². The molecular formula is C13H18F3N. The van der Waals surface area contributed by atoms with Gasteiger partial charge in [0.25, 0.3) is 0 Å². The van der Waals surface area contributed by atoms with E-state index >= 15 is 0 Å². The van der Waals surface area contributed by atoms with Gasteiger partial charge in [0.15, 0.2) is 17.5 Å². The van der Waals surface area contributed by atoms with Crippen LogP contribution in [0.5, 0.6) is 0 Å².